The van der Waals surface area contributed by atoms with Gasteiger partial charge in [-0.25, -0.2) is 4.98 Å². The van der Waals surface area contributed by atoms with Crippen molar-refractivity contribution in [1.82, 2.24) is 4.98 Å². The summed E-state index contributed by atoms with van der Waals surface area (Å²) in [6.07, 6.45) is 7.08. The maximum absolute atomic E-state index is 9.72. The molecule has 1 fully saturated rings. The summed E-state index contributed by atoms with van der Waals surface area (Å²) < 4.78 is 0. The molecule has 0 saturated heterocycles. The fourth-order valence-corrected chi connectivity index (χ4v) is 2.86. The summed E-state index contributed by atoms with van der Waals surface area (Å²) in [6, 6.07) is 5.99. The van der Waals surface area contributed by atoms with Gasteiger partial charge in [-0.1, -0.05) is 32.3 Å². The minimum Gasteiger partial charge on any atom is -0.396 e. The highest BCUT2D eigenvalue weighted by Gasteiger charge is 2.31. The predicted molar refractivity (Wildman–Crippen MR) is 84.1 cm³/mol. The second-order valence-corrected chi connectivity index (χ2v) is 5.91. The maximum Gasteiger partial charge on any atom is 0.128 e. The Kier molecular flexibility index (Phi) is 5.65. The van der Waals surface area contributed by atoms with E-state index >= 15 is 0 Å². The Balaban J connectivity index is 1.92. The van der Waals surface area contributed by atoms with Crippen molar-refractivity contribution in [2.45, 2.75) is 45.4 Å². The molecule has 4 heteroatoms. The molecular weight excluding hydrogens is 250 g/mol. The van der Waals surface area contributed by atoms with Crippen LogP contribution in [0.5, 0.6) is 0 Å². The van der Waals surface area contributed by atoms with E-state index in [2.05, 4.69) is 22.5 Å². The molecular formula is C16H27N3O. The van der Waals surface area contributed by atoms with E-state index in [1.165, 1.54) is 19.3 Å². The molecule has 1 aromatic heterocycles. The van der Waals surface area contributed by atoms with Gasteiger partial charge >= 0.3 is 0 Å². The highest BCUT2D eigenvalue weighted by atomic mass is 16.3. The third kappa shape index (κ3) is 4.10. The summed E-state index contributed by atoms with van der Waals surface area (Å²) in [7, 11) is 0. The zero-order chi connectivity index (χ0) is 14.3. The average molecular weight is 277 g/mol. The molecule has 1 aromatic rings. The molecule has 2 rings (SSSR count). The van der Waals surface area contributed by atoms with Gasteiger partial charge in [-0.05, 0) is 31.4 Å². The second-order valence-electron chi connectivity index (χ2n) is 5.91. The predicted octanol–water partition coefficient (Wildman–Crippen LogP) is 3.26. The Morgan fingerprint density at radius 2 is 1.85 bits per heavy atom. The van der Waals surface area contributed by atoms with Crippen molar-refractivity contribution >= 4 is 11.6 Å². The van der Waals surface area contributed by atoms with Crippen LogP contribution in [0.4, 0.5) is 11.6 Å². The molecule has 0 aliphatic heterocycles. The molecule has 1 saturated carbocycles. The summed E-state index contributed by atoms with van der Waals surface area (Å²) >= 11 is 0. The highest BCUT2D eigenvalue weighted by molar-refractivity contribution is 5.45. The molecule has 1 heterocycles. The number of hydrogen-bond acceptors (Lipinski definition) is 4. The first-order valence-corrected chi connectivity index (χ1v) is 7.84. The number of aliphatic hydroxyl groups excluding tert-OH is 1. The van der Waals surface area contributed by atoms with Crippen LogP contribution in [0, 0.1) is 5.41 Å². The third-order valence-electron chi connectivity index (χ3n) is 4.20. The van der Waals surface area contributed by atoms with Gasteiger partial charge in [-0.15, -0.1) is 0 Å². The number of anilines is 2. The second kappa shape index (κ2) is 7.48. The lowest BCUT2D eigenvalue weighted by molar-refractivity contribution is 0.0943. The molecule has 20 heavy (non-hydrogen) atoms. The SMILES string of the molecule is CCCNc1cccc(NCC2(CO)CCCCC2)n1. The maximum atomic E-state index is 9.72. The van der Waals surface area contributed by atoms with Gasteiger partial charge in [0.25, 0.3) is 0 Å². The largest absolute Gasteiger partial charge is 0.396 e. The van der Waals surface area contributed by atoms with Gasteiger partial charge in [0.2, 0.25) is 0 Å². The van der Waals surface area contributed by atoms with Crippen LogP contribution >= 0.6 is 0 Å². The fourth-order valence-electron chi connectivity index (χ4n) is 2.86. The Labute approximate surface area is 122 Å². The van der Waals surface area contributed by atoms with E-state index in [4.69, 9.17) is 0 Å². The van der Waals surface area contributed by atoms with Gasteiger partial charge in [-0.3, -0.25) is 0 Å². The van der Waals surface area contributed by atoms with Crippen LogP contribution in [0.1, 0.15) is 45.4 Å². The molecule has 1 aliphatic rings. The standard InChI is InChI=1S/C16H27N3O/c1-2-11-17-14-7-6-8-15(19-14)18-12-16(13-20)9-4-3-5-10-16/h6-8,20H,2-5,9-13H2,1H3,(H2,17,18,19). The first-order chi connectivity index (χ1) is 9.78. The quantitative estimate of drug-likeness (QED) is 0.716. The molecule has 0 aromatic carbocycles. The molecule has 112 valence electrons. The van der Waals surface area contributed by atoms with Crippen LogP contribution in [0.3, 0.4) is 0 Å². The van der Waals surface area contributed by atoms with Crippen molar-refractivity contribution in [2.24, 2.45) is 5.41 Å². The van der Waals surface area contributed by atoms with E-state index in [9.17, 15) is 5.11 Å². The number of nitrogens with zero attached hydrogens (tertiary/aromatic N) is 1. The van der Waals surface area contributed by atoms with E-state index in [0.29, 0.717) is 0 Å². The number of aromatic nitrogens is 1. The zero-order valence-electron chi connectivity index (χ0n) is 12.5. The van der Waals surface area contributed by atoms with Crippen LogP contribution in [0.15, 0.2) is 18.2 Å². The fraction of sp³-hybridized carbons (Fsp3) is 0.688. The van der Waals surface area contributed by atoms with Gasteiger partial charge in [0, 0.05) is 18.5 Å². The number of pyridine rings is 1. The highest BCUT2D eigenvalue weighted by Crippen LogP contribution is 2.35. The van der Waals surface area contributed by atoms with Crippen molar-refractivity contribution in [3.8, 4) is 0 Å². The van der Waals surface area contributed by atoms with Crippen LogP contribution in [0.25, 0.3) is 0 Å². The van der Waals surface area contributed by atoms with Crippen molar-refractivity contribution < 1.29 is 5.11 Å². The van der Waals surface area contributed by atoms with E-state index in [1.54, 1.807) is 0 Å². The molecule has 0 spiro atoms. The van der Waals surface area contributed by atoms with E-state index in [1.807, 2.05) is 18.2 Å². The van der Waals surface area contributed by atoms with E-state index < -0.39 is 0 Å². The summed E-state index contributed by atoms with van der Waals surface area (Å²) in [5, 5.41) is 16.4. The summed E-state index contributed by atoms with van der Waals surface area (Å²) in [6.45, 7) is 4.17. The van der Waals surface area contributed by atoms with E-state index in [0.717, 1.165) is 44.0 Å². The molecule has 0 amide bonds. The smallest absolute Gasteiger partial charge is 0.128 e. The van der Waals surface area contributed by atoms with Crippen LogP contribution in [-0.2, 0) is 0 Å². The Morgan fingerprint density at radius 3 is 2.50 bits per heavy atom. The topological polar surface area (TPSA) is 57.2 Å². The molecule has 0 bridgehead atoms. The Morgan fingerprint density at radius 1 is 1.15 bits per heavy atom. The molecule has 0 radical (unpaired) electrons. The minimum atomic E-state index is 0.0484. The minimum absolute atomic E-state index is 0.0484. The number of nitrogens with one attached hydrogen (secondary N) is 2. The number of rotatable bonds is 7. The monoisotopic (exact) mass is 277 g/mol. The van der Waals surface area contributed by atoms with Crippen molar-refractivity contribution in [2.75, 3.05) is 30.3 Å². The number of hydrogen-bond donors (Lipinski definition) is 3. The Hall–Kier alpha value is -1.29. The molecule has 0 unspecified atom stereocenters. The Bertz CT molecular complexity index is 402. The summed E-state index contributed by atoms with van der Waals surface area (Å²) in [5.74, 6) is 1.81. The van der Waals surface area contributed by atoms with Crippen LogP contribution in [0.2, 0.25) is 0 Å². The zero-order valence-corrected chi connectivity index (χ0v) is 12.5. The van der Waals surface area contributed by atoms with Crippen molar-refractivity contribution in [3.63, 3.8) is 0 Å². The summed E-state index contributed by atoms with van der Waals surface area (Å²) in [4.78, 5) is 4.56. The molecule has 4 nitrogen and oxygen atoms in total. The van der Waals surface area contributed by atoms with Crippen molar-refractivity contribution in [1.29, 1.82) is 0 Å². The lowest BCUT2D eigenvalue weighted by Gasteiger charge is -2.35. The first-order valence-electron chi connectivity index (χ1n) is 7.84. The lowest BCUT2D eigenvalue weighted by Crippen LogP contribution is -2.35. The summed E-state index contributed by atoms with van der Waals surface area (Å²) in [5.41, 5.74) is 0.0484. The molecule has 3 N–H and O–H groups in total. The van der Waals surface area contributed by atoms with Crippen LogP contribution < -0.4 is 10.6 Å². The van der Waals surface area contributed by atoms with Gasteiger partial charge < -0.3 is 15.7 Å². The molecule has 0 atom stereocenters. The first kappa shape index (κ1) is 15.1. The average Bonchev–Trinajstić information content (AvgIpc) is 2.52. The van der Waals surface area contributed by atoms with Gasteiger partial charge in [-0.2, -0.15) is 0 Å². The van der Waals surface area contributed by atoms with E-state index in [-0.39, 0.29) is 12.0 Å². The number of aliphatic hydroxyl groups is 1. The lowest BCUT2D eigenvalue weighted by atomic mass is 9.74. The normalized spacial score (nSPS) is 17.7. The van der Waals surface area contributed by atoms with Crippen molar-refractivity contribution in [3.05, 3.63) is 18.2 Å². The van der Waals surface area contributed by atoms with Crippen LogP contribution in [-0.4, -0.2) is 29.8 Å². The molecule has 1 aliphatic carbocycles. The third-order valence-corrected chi connectivity index (χ3v) is 4.20. The van der Waals surface area contributed by atoms with Gasteiger partial charge in [0.05, 0.1) is 6.61 Å². The van der Waals surface area contributed by atoms with Gasteiger partial charge in [0.1, 0.15) is 11.6 Å². The van der Waals surface area contributed by atoms with Gasteiger partial charge in [0.15, 0.2) is 0 Å².